The van der Waals surface area contributed by atoms with Gasteiger partial charge < -0.3 is 0 Å². The second-order valence-corrected chi connectivity index (χ2v) is 3.11. The zero-order chi connectivity index (χ0) is 9.68. The molecule has 1 nitrogen and oxygen atoms in total. The van der Waals surface area contributed by atoms with Gasteiger partial charge in [-0.25, -0.2) is 4.39 Å². The van der Waals surface area contributed by atoms with Gasteiger partial charge in [-0.05, 0) is 13.3 Å². The molecule has 0 amide bonds. The number of halogens is 1. The van der Waals surface area contributed by atoms with Crippen LogP contribution in [0.3, 0.4) is 0 Å². The fraction of sp³-hybridized carbons (Fsp3) is 0.364. The number of rotatable bonds is 4. The molecule has 1 aromatic carbocycles. The van der Waals surface area contributed by atoms with E-state index in [2.05, 4.69) is 0 Å². The maximum Gasteiger partial charge on any atom is 0.162 e. The van der Waals surface area contributed by atoms with E-state index in [4.69, 9.17) is 0 Å². The SMILES string of the molecule is CC(F)CCC(=O)c1ccccc1. The minimum absolute atomic E-state index is 0.0186. The Labute approximate surface area is 77.6 Å². The molecule has 1 aromatic rings. The lowest BCUT2D eigenvalue weighted by Crippen LogP contribution is -2.02. The number of hydrogen-bond donors (Lipinski definition) is 0. The Hall–Kier alpha value is -1.18. The van der Waals surface area contributed by atoms with Gasteiger partial charge in [0.15, 0.2) is 5.78 Å². The van der Waals surface area contributed by atoms with E-state index in [1.54, 1.807) is 12.1 Å². The second-order valence-electron chi connectivity index (χ2n) is 3.11. The molecule has 0 N–H and O–H groups in total. The standard InChI is InChI=1S/C11H13FO/c1-9(12)7-8-11(13)10-5-3-2-4-6-10/h2-6,9H,7-8H2,1H3. The average Bonchev–Trinajstić information content (AvgIpc) is 2.15. The number of Topliss-reactive ketones (excluding diaryl/α,β-unsaturated/α-hetero) is 1. The fourth-order valence-electron chi connectivity index (χ4n) is 1.10. The molecule has 0 aliphatic rings. The molecule has 0 aliphatic heterocycles. The molecular weight excluding hydrogens is 167 g/mol. The van der Waals surface area contributed by atoms with Gasteiger partial charge >= 0.3 is 0 Å². The summed E-state index contributed by atoms with van der Waals surface area (Å²) in [7, 11) is 0. The van der Waals surface area contributed by atoms with Gasteiger partial charge in [0.1, 0.15) is 0 Å². The summed E-state index contributed by atoms with van der Waals surface area (Å²) in [4.78, 5) is 11.4. The lowest BCUT2D eigenvalue weighted by Gasteiger charge is -2.01. The molecule has 0 saturated carbocycles. The maximum absolute atomic E-state index is 12.4. The van der Waals surface area contributed by atoms with Crippen molar-refractivity contribution >= 4 is 5.78 Å². The van der Waals surface area contributed by atoms with Crippen molar-refractivity contribution in [1.82, 2.24) is 0 Å². The Morgan fingerprint density at radius 2 is 2.00 bits per heavy atom. The summed E-state index contributed by atoms with van der Waals surface area (Å²) in [5.41, 5.74) is 0.670. The van der Waals surface area contributed by atoms with Crippen molar-refractivity contribution in [2.75, 3.05) is 0 Å². The van der Waals surface area contributed by atoms with Gasteiger partial charge in [-0.15, -0.1) is 0 Å². The van der Waals surface area contributed by atoms with Crippen molar-refractivity contribution in [3.8, 4) is 0 Å². The third-order valence-electron chi connectivity index (χ3n) is 1.86. The smallest absolute Gasteiger partial charge is 0.162 e. The van der Waals surface area contributed by atoms with Crippen LogP contribution in [0.15, 0.2) is 30.3 Å². The van der Waals surface area contributed by atoms with Gasteiger partial charge in [-0.2, -0.15) is 0 Å². The molecule has 0 aliphatic carbocycles. The first kappa shape index (κ1) is 9.90. The fourth-order valence-corrected chi connectivity index (χ4v) is 1.10. The predicted molar refractivity (Wildman–Crippen MR) is 50.6 cm³/mol. The zero-order valence-corrected chi connectivity index (χ0v) is 7.66. The van der Waals surface area contributed by atoms with E-state index >= 15 is 0 Å². The third kappa shape index (κ3) is 3.36. The lowest BCUT2D eigenvalue weighted by molar-refractivity contribution is 0.0970. The minimum Gasteiger partial charge on any atom is -0.294 e. The monoisotopic (exact) mass is 180 g/mol. The molecule has 70 valence electrons. The first-order chi connectivity index (χ1) is 6.20. The molecule has 0 bridgehead atoms. The Morgan fingerprint density at radius 1 is 1.38 bits per heavy atom. The molecule has 0 aromatic heterocycles. The van der Waals surface area contributed by atoms with E-state index in [1.165, 1.54) is 6.92 Å². The number of benzene rings is 1. The molecule has 2 heteroatoms. The van der Waals surface area contributed by atoms with Crippen LogP contribution in [0.25, 0.3) is 0 Å². The summed E-state index contributed by atoms with van der Waals surface area (Å²) in [6, 6.07) is 8.99. The van der Waals surface area contributed by atoms with Crippen molar-refractivity contribution in [3.63, 3.8) is 0 Å². The number of alkyl halides is 1. The molecule has 0 radical (unpaired) electrons. The Balaban J connectivity index is 2.50. The maximum atomic E-state index is 12.4. The molecule has 0 saturated heterocycles. The number of ketones is 1. The molecular formula is C11H13FO. The van der Waals surface area contributed by atoms with Crippen LogP contribution >= 0.6 is 0 Å². The summed E-state index contributed by atoms with van der Waals surface area (Å²) in [5, 5.41) is 0. The molecule has 1 unspecified atom stereocenters. The first-order valence-corrected chi connectivity index (χ1v) is 4.42. The van der Waals surface area contributed by atoms with Crippen LogP contribution in [0, 0.1) is 0 Å². The van der Waals surface area contributed by atoms with Crippen molar-refractivity contribution < 1.29 is 9.18 Å². The third-order valence-corrected chi connectivity index (χ3v) is 1.86. The Bertz CT molecular complexity index is 267. The molecule has 0 fully saturated rings. The molecule has 1 atom stereocenters. The van der Waals surface area contributed by atoms with Crippen molar-refractivity contribution in [2.45, 2.75) is 25.9 Å². The van der Waals surface area contributed by atoms with E-state index in [-0.39, 0.29) is 5.78 Å². The molecule has 0 heterocycles. The van der Waals surface area contributed by atoms with Crippen LogP contribution in [0.2, 0.25) is 0 Å². The van der Waals surface area contributed by atoms with Crippen LogP contribution in [0.1, 0.15) is 30.1 Å². The van der Waals surface area contributed by atoms with Crippen molar-refractivity contribution in [3.05, 3.63) is 35.9 Å². The van der Waals surface area contributed by atoms with E-state index in [9.17, 15) is 9.18 Å². The quantitative estimate of drug-likeness (QED) is 0.651. The summed E-state index contributed by atoms with van der Waals surface area (Å²) in [6.07, 6.45) is -0.289. The van der Waals surface area contributed by atoms with Crippen LogP contribution in [-0.2, 0) is 0 Å². The highest BCUT2D eigenvalue weighted by molar-refractivity contribution is 5.95. The first-order valence-electron chi connectivity index (χ1n) is 4.42. The highest BCUT2D eigenvalue weighted by Gasteiger charge is 2.06. The topological polar surface area (TPSA) is 17.1 Å². The van der Waals surface area contributed by atoms with Crippen LogP contribution in [-0.4, -0.2) is 12.0 Å². The normalized spacial score (nSPS) is 12.5. The highest BCUT2D eigenvalue weighted by Crippen LogP contribution is 2.07. The summed E-state index contributed by atoms with van der Waals surface area (Å²) < 4.78 is 12.4. The Morgan fingerprint density at radius 3 is 2.54 bits per heavy atom. The molecule has 0 spiro atoms. The van der Waals surface area contributed by atoms with E-state index < -0.39 is 6.17 Å². The van der Waals surface area contributed by atoms with Gasteiger partial charge in [0.2, 0.25) is 0 Å². The largest absolute Gasteiger partial charge is 0.294 e. The second kappa shape index (κ2) is 4.75. The number of hydrogen-bond acceptors (Lipinski definition) is 1. The molecule has 1 rings (SSSR count). The van der Waals surface area contributed by atoms with Crippen LogP contribution in [0.5, 0.6) is 0 Å². The van der Waals surface area contributed by atoms with E-state index in [1.807, 2.05) is 18.2 Å². The zero-order valence-electron chi connectivity index (χ0n) is 7.66. The van der Waals surface area contributed by atoms with E-state index in [0.29, 0.717) is 18.4 Å². The van der Waals surface area contributed by atoms with Gasteiger partial charge in [0.05, 0.1) is 6.17 Å². The van der Waals surface area contributed by atoms with E-state index in [0.717, 1.165) is 0 Å². The lowest BCUT2D eigenvalue weighted by atomic mass is 10.1. The van der Waals surface area contributed by atoms with Gasteiger partial charge in [0.25, 0.3) is 0 Å². The van der Waals surface area contributed by atoms with Gasteiger partial charge in [-0.3, -0.25) is 4.79 Å². The van der Waals surface area contributed by atoms with Crippen molar-refractivity contribution in [2.24, 2.45) is 0 Å². The Kier molecular flexibility index (Phi) is 3.62. The number of carbonyl (C=O) groups excluding carboxylic acids is 1. The highest BCUT2D eigenvalue weighted by atomic mass is 19.1. The predicted octanol–water partition coefficient (Wildman–Crippen LogP) is 3.01. The average molecular weight is 180 g/mol. The van der Waals surface area contributed by atoms with Crippen molar-refractivity contribution in [1.29, 1.82) is 0 Å². The van der Waals surface area contributed by atoms with Crippen LogP contribution < -0.4 is 0 Å². The summed E-state index contributed by atoms with van der Waals surface area (Å²) >= 11 is 0. The number of carbonyl (C=O) groups is 1. The van der Waals surface area contributed by atoms with Gasteiger partial charge in [0, 0.05) is 12.0 Å². The van der Waals surface area contributed by atoms with Crippen LogP contribution in [0.4, 0.5) is 4.39 Å². The minimum atomic E-state index is -0.896. The van der Waals surface area contributed by atoms with Gasteiger partial charge in [-0.1, -0.05) is 30.3 Å². The molecule has 13 heavy (non-hydrogen) atoms. The summed E-state index contributed by atoms with van der Waals surface area (Å²) in [6.45, 7) is 1.47. The summed E-state index contributed by atoms with van der Waals surface area (Å²) in [5.74, 6) is 0.0186.